The molecule has 0 amide bonds. The molecule has 0 aliphatic heterocycles. The molecule has 1 fully saturated rings. The van der Waals surface area contributed by atoms with Crippen LogP contribution in [0.2, 0.25) is 0 Å². The quantitative estimate of drug-likeness (QED) is 0.473. The van der Waals surface area contributed by atoms with Gasteiger partial charge in [-0.05, 0) is 39.0 Å². The third-order valence-electron chi connectivity index (χ3n) is 5.77. The van der Waals surface area contributed by atoms with Crippen molar-refractivity contribution in [2.75, 3.05) is 19.5 Å². The van der Waals surface area contributed by atoms with E-state index in [1.807, 2.05) is 0 Å². The van der Waals surface area contributed by atoms with Crippen LogP contribution in [0.4, 0.5) is 8.78 Å². The number of rotatable bonds is 7. The molecule has 34 heavy (non-hydrogen) atoms. The van der Waals surface area contributed by atoms with Gasteiger partial charge in [-0.2, -0.15) is 5.10 Å². The summed E-state index contributed by atoms with van der Waals surface area (Å²) in [6.45, 7) is 4.33. The van der Waals surface area contributed by atoms with Crippen LogP contribution in [0.15, 0.2) is 23.1 Å². The van der Waals surface area contributed by atoms with Gasteiger partial charge in [0, 0.05) is 23.8 Å². The van der Waals surface area contributed by atoms with E-state index in [4.69, 9.17) is 4.74 Å². The Bertz CT molecular complexity index is 1320. The molecule has 1 aliphatic rings. The zero-order valence-electron chi connectivity index (χ0n) is 19.0. The first kappa shape index (κ1) is 26.7. The fourth-order valence-corrected chi connectivity index (χ4v) is 7.25. The van der Waals surface area contributed by atoms with Crippen LogP contribution < -0.4 is 4.74 Å². The lowest BCUT2D eigenvalue weighted by molar-refractivity contribution is -0.166. The second-order valence-electron chi connectivity index (χ2n) is 9.20. The van der Waals surface area contributed by atoms with E-state index in [0.717, 1.165) is 0 Å². The average Bonchev–Trinajstić information content (AvgIpc) is 3.22. The number of aliphatic hydroxyl groups is 2. The highest BCUT2D eigenvalue weighted by molar-refractivity contribution is 7.91. The van der Waals surface area contributed by atoms with Crippen molar-refractivity contribution in [3.05, 3.63) is 28.9 Å². The number of aryl methyl sites for hydroxylation is 1. The second-order valence-corrected chi connectivity index (χ2v) is 12.1. The SMILES string of the molecule is COc1ccc(-c2c(C)nc3sc(C(C)(C)O)nn23)cc1S(=O)(=O)CC1(CO)CC(F)(F)C1.Cl. The number of ether oxygens (including phenoxy) is 1. The Kier molecular flexibility index (Phi) is 6.81. The zero-order chi connectivity index (χ0) is 24.4. The molecule has 0 radical (unpaired) electrons. The third kappa shape index (κ3) is 4.66. The molecule has 13 heteroatoms. The summed E-state index contributed by atoms with van der Waals surface area (Å²) in [5.41, 5.74) is -0.921. The monoisotopic (exact) mass is 537 g/mol. The lowest BCUT2D eigenvalue weighted by atomic mass is 9.68. The number of aromatic nitrogens is 3. The molecule has 1 saturated carbocycles. The van der Waals surface area contributed by atoms with Crippen molar-refractivity contribution in [3.8, 4) is 17.0 Å². The summed E-state index contributed by atoms with van der Waals surface area (Å²) in [5.74, 6) is -3.52. The van der Waals surface area contributed by atoms with Crippen LogP contribution in [-0.2, 0) is 15.4 Å². The Morgan fingerprint density at radius 1 is 1.29 bits per heavy atom. The highest BCUT2D eigenvalue weighted by Gasteiger charge is 2.58. The lowest BCUT2D eigenvalue weighted by Gasteiger charge is -2.45. The zero-order valence-corrected chi connectivity index (χ0v) is 21.5. The highest BCUT2D eigenvalue weighted by Crippen LogP contribution is 2.53. The molecule has 2 N–H and O–H groups in total. The van der Waals surface area contributed by atoms with Crippen LogP contribution in [0.5, 0.6) is 5.75 Å². The van der Waals surface area contributed by atoms with Gasteiger partial charge in [0.15, 0.2) is 9.84 Å². The fraction of sp³-hybridized carbons (Fsp3) is 0.524. The summed E-state index contributed by atoms with van der Waals surface area (Å²) in [5, 5.41) is 24.9. The number of aliphatic hydroxyl groups excluding tert-OH is 1. The van der Waals surface area contributed by atoms with Crippen LogP contribution in [0, 0.1) is 12.3 Å². The van der Waals surface area contributed by atoms with Crippen LogP contribution in [0.3, 0.4) is 0 Å². The molecule has 1 aromatic carbocycles. The molecule has 0 unspecified atom stereocenters. The molecule has 1 aliphatic carbocycles. The van der Waals surface area contributed by atoms with E-state index < -0.39 is 52.0 Å². The van der Waals surface area contributed by atoms with Crippen LogP contribution in [0.25, 0.3) is 16.2 Å². The fourth-order valence-electron chi connectivity index (χ4n) is 4.28. The number of fused-ring (bicyclic) bond motifs is 1. The van der Waals surface area contributed by atoms with Crippen LogP contribution >= 0.6 is 23.7 Å². The van der Waals surface area contributed by atoms with Crippen molar-refractivity contribution in [1.29, 1.82) is 0 Å². The Hall–Kier alpha value is -1.86. The number of sulfone groups is 1. The normalized spacial score (nSPS) is 17.3. The minimum Gasteiger partial charge on any atom is -0.495 e. The Labute approximate surface area is 205 Å². The van der Waals surface area contributed by atoms with Gasteiger partial charge in [0.05, 0.1) is 30.9 Å². The van der Waals surface area contributed by atoms with E-state index >= 15 is 0 Å². The van der Waals surface area contributed by atoms with Crippen molar-refractivity contribution in [1.82, 2.24) is 14.6 Å². The number of hydrogen-bond donors (Lipinski definition) is 2. The number of nitrogens with zero attached hydrogens (tertiary/aromatic N) is 3. The number of hydrogen-bond acceptors (Lipinski definition) is 8. The van der Waals surface area contributed by atoms with E-state index in [9.17, 15) is 27.4 Å². The molecule has 3 aromatic rings. The van der Waals surface area contributed by atoms with E-state index in [2.05, 4.69) is 10.1 Å². The highest BCUT2D eigenvalue weighted by atomic mass is 35.5. The summed E-state index contributed by atoms with van der Waals surface area (Å²) in [6.07, 6.45) is -1.36. The first-order valence-corrected chi connectivity index (χ1v) is 12.7. The maximum absolute atomic E-state index is 13.5. The topological polar surface area (TPSA) is 114 Å². The molecule has 2 heterocycles. The van der Waals surface area contributed by atoms with Gasteiger partial charge < -0.3 is 14.9 Å². The van der Waals surface area contributed by atoms with Gasteiger partial charge >= 0.3 is 0 Å². The standard InChI is InChI=1S/C21H25F2N3O5S2.ClH/c1-12-16(26-18(24-12)32-17(25-26)19(2,3)28)13-5-6-14(31-4)15(7-13)33(29,30)11-20(10-27)8-21(22,23)9-20;/h5-7,27-28H,8-11H2,1-4H3;1H. The maximum Gasteiger partial charge on any atom is 0.249 e. The number of imidazole rings is 1. The van der Waals surface area contributed by atoms with E-state index in [1.54, 1.807) is 31.4 Å². The van der Waals surface area contributed by atoms with Gasteiger partial charge in [-0.1, -0.05) is 11.3 Å². The minimum atomic E-state index is -4.09. The van der Waals surface area contributed by atoms with Gasteiger partial charge in [0.2, 0.25) is 10.9 Å². The Balaban J connectivity index is 0.00000324. The van der Waals surface area contributed by atoms with Gasteiger partial charge in [-0.3, -0.25) is 0 Å². The molecule has 4 rings (SSSR count). The van der Waals surface area contributed by atoms with E-state index in [1.165, 1.54) is 30.6 Å². The first-order chi connectivity index (χ1) is 15.2. The maximum atomic E-state index is 13.5. The lowest BCUT2D eigenvalue weighted by Crippen LogP contribution is -2.52. The van der Waals surface area contributed by atoms with Crippen molar-refractivity contribution in [2.45, 2.75) is 50.0 Å². The van der Waals surface area contributed by atoms with Crippen molar-refractivity contribution in [3.63, 3.8) is 0 Å². The Morgan fingerprint density at radius 2 is 1.94 bits per heavy atom. The van der Waals surface area contributed by atoms with Crippen LogP contribution in [0.1, 0.15) is 37.4 Å². The molecule has 0 bridgehead atoms. The number of methoxy groups -OCH3 is 1. The predicted molar refractivity (Wildman–Crippen MR) is 126 cm³/mol. The summed E-state index contributed by atoms with van der Waals surface area (Å²) in [4.78, 5) is 4.86. The first-order valence-electron chi connectivity index (χ1n) is 10.2. The summed E-state index contributed by atoms with van der Waals surface area (Å²) in [6, 6.07) is 4.57. The molecular weight excluding hydrogens is 512 g/mol. The molecule has 8 nitrogen and oxygen atoms in total. The van der Waals surface area contributed by atoms with Crippen LogP contribution in [-0.4, -0.2) is 58.6 Å². The summed E-state index contributed by atoms with van der Waals surface area (Å²) >= 11 is 1.22. The molecule has 0 atom stereocenters. The summed E-state index contributed by atoms with van der Waals surface area (Å²) < 4.78 is 60.4. The average molecular weight is 538 g/mol. The molecule has 0 saturated heterocycles. The second kappa shape index (κ2) is 8.66. The molecular formula is C21H26ClF2N3O5S2. The van der Waals surface area contributed by atoms with E-state index in [-0.39, 0.29) is 23.1 Å². The minimum absolute atomic E-state index is 0. The van der Waals surface area contributed by atoms with Crippen molar-refractivity contribution >= 4 is 38.5 Å². The van der Waals surface area contributed by atoms with Gasteiger partial charge in [0.1, 0.15) is 21.3 Å². The van der Waals surface area contributed by atoms with Gasteiger partial charge in [0.25, 0.3) is 0 Å². The molecule has 0 spiro atoms. The smallest absolute Gasteiger partial charge is 0.249 e. The molecule has 2 aromatic heterocycles. The van der Waals surface area contributed by atoms with Crippen molar-refractivity contribution in [2.24, 2.45) is 5.41 Å². The largest absolute Gasteiger partial charge is 0.495 e. The number of alkyl halides is 2. The van der Waals surface area contributed by atoms with E-state index in [0.29, 0.717) is 26.9 Å². The number of halogens is 3. The summed E-state index contributed by atoms with van der Waals surface area (Å²) in [7, 11) is -2.76. The number of benzene rings is 1. The van der Waals surface area contributed by atoms with Gasteiger partial charge in [-0.15, -0.1) is 12.4 Å². The van der Waals surface area contributed by atoms with Crippen molar-refractivity contribution < 1.29 is 32.1 Å². The molecule has 188 valence electrons. The third-order valence-corrected chi connectivity index (χ3v) is 8.98. The predicted octanol–water partition coefficient (Wildman–Crippen LogP) is 3.61. The Morgan fingerprint density at radius 3 is 2.47 bits per heavy atom. The van der Waals surface area contributed by atoms with Gasteiger partial charge in [-0.25, -0.2) is 26.7 Å².